The Morgan fingerprint density at radius 3 is 2.23 bits per heavy atom. The Labute approximate surface area is 474 Å². The third-order valence-corrected chi connectivity index (χ3v) is 16.2. The smallest absolute Gasteiger partial charge is 0.455 e. The van der Waals surface area contributed by atoms with Gasteiger partial charge in [0.2, 0.25) is 6.10 Å². The molecule has 0 aromatic rings. The van der Waals surface area contributed by atoms with Crippen LogP contribution in [0.15, 0.2) is 48.1 Å². The summed E-state index contributed by atoms with van der Waals surface area (Å²) in [7, 11) is 0. The summed E-state index contributed by atoms with van der Waals surface area (Å²) in [5, 5.41) is 15.0. The third kappa shape index (κ3) is 17.3. The van der Waals surface area contributed by atoms with Crippen molar-refractivity contribution in [1.82, 2.24) is 5.32 Å². The van der Waals surface area contributed by atoms with Crippen molar-refractivity contribution >= 4 is 30.2 Å². The van der Waals surface area contributed by atoms with Crippen LogP contribution >= 0.6 is 0 Å². The fourth-order valence-corrected chi connectivity index (χ4v) is 12.5. The lowest BCUT2D eigenvalue weighted by atomic mass is 9.52. The van der Waals surface area contributed by atoms with Crippen molar-refractivity contribution in [1.29, 1.82) is 0 Å². The van der Waals surface area contributed by atoms with Gasteiger partial charge in [-0.25, -0.2) is 14.4 Å². The minimum Gasteiger partial charge on any atom is -0.455 e. The average Bonchev–Trinajstić information content (AvgIpc) is 2.45. The normalized spacial score (nSPS) is 33.8. The Morgan fingerprint density at radius 2 is 1.59 bits per heavy atom. The maximum absolute atomic E-state index is 15.0. The van der Waals surface area contributed by atoms with Gasteiger partial charge < -0.3 is 67.3 Å². The summed E-state index contributed by atoms with van der Waals surface area (Å²) < 4.78 is 74.2. The van der Waals surface area contributed by atoms with Crippen molar-refractivity contribution in [2.24, 2.45) is 17.3 Å². The van der Waals surface area contributed by atoms with Crippen molar-refractivity contribution in [3.63, 3.8) is 0 Å². The summed E-state index contributed by atoms with van der Waals surface area (Å²) in [4.78, 5) is 68.6. The highest BCUT2D eigenvalue weighted by Gasteiger charge is 2.75. The summed E-state index contributed by atoms with van der Waals surface area (Å²) in [5.74, 6) is -5.01. The first-order chi connectivity index (χ1) is 37.9. The fourth-order valence-electron chi connectivity index (χ4n) is 12.5. The van der Waals surface area contributed by atoms with Crippen molar-refractivity contribution in [2.75, 3.05) is 19.8 Å². The number of amides is 1. The minimum absolute atomic E-state index is 0.0121. The summed E-state index contributed by atoms with van der Waals surface area (Å²) in [6.07, 6.45) is 12.5. The second-order valence-corrected chi connectivity index (χ2v) is 24.5. The van der Waals surface area contributed by atoms with E-state index in [1.165, 1.54) is 59.0 Å². The number of allylic oxidation sites excluding steroid dienone is 4. The second kappa shape index (κ2) is 29.2. The van der Waals surface area contributed by atoms with Gasteiger partial charge in [0.25, 0.3) is 0 Å². The molecule has 80 heavy (non-hydrogen) atoms. The number of fused-ring (bicyclic) bond motifs is 5. The SMILES string of the molecule is C=C[C@H]1O[C@H]2C[C@H]3OC[C@@]3(OC(C)=O)[C@H]3[C@H]4C/C(=C(/C)[C@@H](OC(=O)[C@H](OC(=O)OCC5COC(CCCCCCCC/C=C\C/C=C\CCCC)O5)[C@H](CC(C)C)NC(=O)OC(C)(C)C)CCC(C)(O)O4)[C@H](OC(C)=O)[C@H](O1)[C@]23C. The summed E-state index contributed by atoms with van der Waals surface area (Å²) in [6, 6.07) is -1.18. The van der Waals surface area contributed by atoms with E-state index in [1.54, 1.807) is 27.7 Å². The molecule has 2 saturated carbocycles. The molecule has 2 N–H and O–H groups in total. The van der Waals surface area contributed by atoms with Gasteiger partial charge in [-0.1, -0.05) is 97.1 Å². The third-order valence-electron chi connectivity index (χ3n) is 16.2. The molecule has 6 aliphatic rings. The molecule has 6 rings (SSSR count). The van der Waals surface area contributed by atoms with Crippen LogP contribution in [0.2, 0.25) is 0 Å². The highest BCUT2D eigenvalue weighted by Crippen LogP contribution is 2.63. The number of carbonyl (C=O) groups excluding carboxylic acids is 5. The van der Waals surface area contributed by atoms with Gasteiger partial charge in [-0.2, -0.15) is 0 Å². The molecule has 4 heterocycles. The molecule has 0 aromatic carbocycles. The van der Waals surface area contributed by atoms with E-state index < -0.39 is 126 Å². The molecule has 19 heteroatoms. The number of ether oxygens (including phenoxy) is 12. The van der Waals surface area contributed by atoms with Gasteiger partial charge in [-0.15, -0.1) is 0 Å². The number of esters is 3. The van der Waals surface area contributed by atoms with Gasteiger partial charge in [-0.3, -0.25) is 9.59 Å². The van der Waals surface area contributed by atoms with Gasteiger partial charge in [-0.05, 0) is 116 Å². The number of unbranched alkanes of at least 4 members (excludes halogenated alkanes) is 8. The maximum Gasteiger partial charge on any atom is 0.509 e. The Hall–Kier alpha value is -4.37. The van der Waals surface area contributed by atoms with Crippen LogP contribution in [0.25, 0.3) is 0 Å². The zero-order valence-corrected chi connectivity index (χ0v) is 49.6. The fraction of sp³-hybridized carbons (Fsp3) is 0.787. The van der Waals surface area contributed by atoms with Crippen molar-refractivity contribution < 1.29 is 85.9 Å². The summed E-state index contributed by atoms with van der Waals surface area (Å²) in [6.45, 7) is 22.7. The first-order valence-electron chi connectivity index (χ1n) is 29.5. The zero-order chi connectivity index (χ0) is 58.4. The van der Waals surface area contributed by atoms with E-state index in [0.29, 0.717) is 17.6 Å². The van der Waals surface area contributed by atoms with Gasteiger partial charge in [0, 0.05) is 38.0 Å². The van der Waals surface area contributed by atoms with Crippen LogP contribution in [0, 0.1) is 17.3 Å². The molecular weight excluding hydrogens is 1030 g/mol. The average molecular weight is 1130 g/mol. The van der Waals surface area contributed by atoms with E-state index >= 15 is 4.79 Å². The van der Waals surface area contributed by atoms with E-state index in [1.807, 2.05) is 20.8 Å². The number of carbonyl (C=O) groups is 5. The molecule has 2 aliphatic carbocycles. The Morgan fingerprint density at radius 1 is 0.887 bits per heavy atom. The maximum atomic E-state index is 15.0. The molecule has 1 amide bonds. The van der Waals surface area contributed by atoms with Crippen molar-refractivity contribution in [2.45, 2.75) is 270 Å². The van der Waals surface area contributed by atoms with E-state index in [2.05, 4.69) is 43.1 Å². The molecule has 5 fully saturated rings. The van der Waals surface area contributed by atoms with Crippen LogP contribution in [0.3, 0.4) is 0 Å². The first-order valence-corrected chi connectivity index (χ1v) is 29.5. The molecular formula is C61H95NO18. The summed E-state index contributed by atoms with van der Waals surface area (Å²) >= 11 is 0. The second-order valence-electron chi connectivity index (χ2n) is 24.5. The van der Waals surface area contributed by atoms with Gasteiger partial charge in [0.1, 0.15) is 36.6 Å². The molecule has 19 nitrogen and oxygen atoms in total. The molecule has 0 spiro atoms. The van der Waals surface area contributed by atoms with Crippen LogP contribution in [0.5, 0.6) is 0 Å². The number of nitrogens with one attached hydrogen (secondary N) is 1. The zero-order valence-electron chi connectivity index (χ0n) is 49.6. The topological polar surface area (TPSA) is 228 Å². The number of hydrogen-bond donors (Lipinski definition) is 2. The lowest BCUT2D eigenvalue weighted by molar-refractivity contribution is -0.397. The highest BCUT2D eigenvalue weighted by molar-refractivity contribution is 5.80. The van der Waals surface area contributed by atoms with Gasteiger partial charge >= 0.3 is 30.2 Å². The number of hydrogen-bond acceptors (Lipinski definition) is 18. The molecule has 3 saturated heterocycles. The van der Waals surface area contributed by atoms with Crippen molar-refractivity contribution in [3.05, 3.63) is 48.1 Å². The van der Waals surface area contributed by atoms with Crippen LogP contribution in [0.1, 0.15) is 185 Å². The molecule has 15 atom stereocenters. The molecule has 4 aliphatic heterocycles. The van der Waals surface area contributed by atoms with Crippen LogP contribution in [0.4, 0.5) is 9.59 Å². The minimum atomic E-state index is -1.88. The van der Waals surface area contributed by atoms with Crippen LogP contribution in [-0.2, 0) is 71.2 Å². The standard InChI is InChI=1S/C61H95NO18/c1-13-15-16-17-18-19-20-21-22-23-24-25-26-27-28-29-50-69-35-42(73-50)36-70-57(67)77-52(44(32-38(3)4)62-56(66)80-58(8,9)10)55(65)74-45-30-31-59(11,68)79-46-33-43(39(45)5)51(72-40(6)63)54-60(12)47(75-49(14-2)76-54)34-48-61(37-71-48,53(46)60)78-41(7)64/h14,17-18,20-21,38,42,44-54,68H,2,13,15-16,19,22-37H2,1,3-12H3,(H,62,66)/b18-17-,21-20-,43-39+/t42?,44-,45-,46+,47-,48+,49-,50?,51-,52+,53-,54-,59?,60+,61-/m0/s1. The summed E-state index contributed by atoms with van der Waals surface area (Å²) in [5.41, 5.74) is -2.38. The first kappa shape index (κ1) is 64.8. The number of rotatable bonds is 26. The molecule has 3 unspecified atom stereocenters. The van der Waals surface area contributed by atoms with Gasteiger partial charge in [0.05, 0.1) is 31.5 Å². The van der Waals surface area contributed by atoms with E-state index in [0.717, 1.165) is 38.5 Å². The number of alkyl carbamates (subject to hydrolysis) is 1. The van der Waals surface area contributed by atoms with Crippen LogP contribution in [-0.4, -0.2) is 140 Å². The van der Waals surface area contributed by atoms with E-state index in [4.69, 9.17) is 56.8 Å². The highest BCUT2D eigenvalue weighted by atomic mass is 16.8. The largest absolute Gasteiger partial charge is 0.509 e. The van der Waals surface area contributed by atoms with Crippen LogP contribution < -0.4 is 5.32 Å². The monoisotopic (exact) mass is 1130 g/mol. The Bertz CT molecular complexity index is 2180. The molecule has 2 bridgehead atoms. The Balaban J connectivity index is 1.19. The molecule has 0 aromatic heterocycles. The predicted molar refractivity (Wildman–Crippen MR) is 294 cm³/mol. The van der Waals surface area contributed by atoms with E-state index in [-0.39, 0.29) is 57.8 Å². The Kier molecular flexibility index (Phi) is 23.7. The predicted octanol–water partition coefficient (Wildman–Crippen LogP) is 10.5. The molecule has 0 radical (unpaired) electrons. The lowest BCUT2D eigenvalue weighted by Crippen LogP contribution is -2.79. The van der Waals surface area contributed by atoms with E-state index in [9.17, 15) is 24.3 Å². The van der Waals surface area contributed by atoms with Crippen molar-refractivity contribution in [3.8, 4) is 0 Å². The number of aliphatic hydroxyl groups is 1. The molecule has 452 valence electrons. The quantitative estimate of drug-likeness (QED) is 0.0355. The lowest BCUT2D eigenvalue weighted by Gasteiger charge is -2.66. The van der Waals surface area contributed by atoms with Gasteiger partial charge in [0.15, 0.2) is 30.1 Å².